The molecular formula is C11H15N3. The summed E-state index contributed by atoms with van der Waals surface area (Å²) in [6, 6.07) is 5.60. The Bertz CT molecular complexity index is 350. The van der Waals surface area contributed by atoms with E-state index in [2.05, 4.69) is 34.3 Å². The Hall–Kier alpha value is -1.09. The molecule has 0 unspecified atom stereocenters. The van der Waals surface area contributed by atoms with Crippen LogP contribution in [0.25, 0.3) is 0 Å². The standard InChI is InChI=1S/C11H15N3/c1-8-2-3-12-11(4-8)14-7-9-5-10(14)6-13-9/h2-4,9-10,13H,5-7H2,1H3/t9-,10-/m0/s1. The fraction of sp³-hybridized carbons (Fsp3) is 0.545. The molecule has 2 bridgehead atoms. The zero-order valence-corrected chi connectivity index (χ0v) is 8.40. The molecule has 2 aliphatic heterocycles. The summed E-state index contributed by atoms with van der Waals surface area (Å²) in [5.74, 6) is 1.15. The lowest BCUT2D eigenvalue weighted by Gasteiger charge is -2.28. The van der Waals surface area contributed by atoms with Gasteiger partial charge in [0.15, 0.2) is 0 Å². The largest absolute Gasteiger partial charge is 0.351 e. The number of pyridine rings is 1. The Morgan fingerprint density at radius 1 is 1.57 bits per heavy atom. The van der Waals surface area contributed by atoms with Crippen LogP contribution in [0, 0.1) is 6.92 Å². The van der Waals surface area contributed by atoms with Crippen LogP contribution in [0.15, 0.2) is 18.3 Å². The number of rotatable bonds is 1. The summed E-state index contributed by atoms with van der Waals surface area (Å²) < 4.78 is 0. The molecule has 3 heterocycles. The minimum Gasteiger partial charge on any atom is -0.351 e. The van der Waals surface area contributed by atoms with Gasteiger partial charge in [-0.15, -0.1) is 0 Å². The maximum Gasteiger partial charge on any atom is 0.129 e. The van der Waals surface area contributed by atoms with Crippen molar-refractivity contribution in [2.75, 3.05) is 18.0 Å². The van der Waals surface area contributed by atoms with Crippen molar-refractivity contribution in [2.45, 2.75) is 25.4 Å². The summed E-state index contributed by atoms with van der Waals surface area (Å²) in [5, 5.41) is 3.50. The van der Waals surface area contributed by atoms with Crippen molar-refractivity contribution < 1.29 is 0 Å². The molecule has 2 fully saturated rings. The van der Waals surface area contributed by atoms with Crippen molar-refractivity contribution in [2.24, 2.45) is 0 Å². The summed E-state index contributed by atoms with van der Waals surface area (Å²) in [4.78, 5) is 6.88. The molecule has 0 aromatic carbocycles. The molecule has 0 amide bonds. The first kappa shape index (κ1) is 8.24. The summed E-state index contributed by atoms with van der Waals surface area (Å²) in [6.07, 6.45) is 3.19. The maximum absolute atomic E-state index is 4.44. The molecule has 14 heavy (non-hydrogen) atoms. The summed E-state index contributed by atoms with van der Waals surface area (Å²) in [6.45, 7) is 4.37. The van der Waals surface area contributed by atoms with Gasteiger partial charge in [0.05, 0.1) is 0 Å². The molecule has 2 saturated heterocycles. The Balaban J connectivity index is 1.89. The molecule has 3 heteroatoms. The summed E-state index contributed by atoms with van der Waals surface area (Å²) in [7, 11) is 0. The molecule has 74 valence electrons. The van der Waals surface area contributed by atoms with Crippen LogP contribution in [0.4, 0.5) is 5.82 Å². The van der Waals surface area contributed by atoms with Crippen LogP contribution < -0.4 is 10.2 Å². The molecule has 1 aromatic heterocycles. The van der Waals surface area contributed by atoms with E-state index >= 15 is 0 Å². The molecule has 1 N–H and O–H groups in total. The number of aryl methyl sites for hydroxylation is 1. The highest BCUT2D eigenvalue weighted by molar-refractivity contribution is 5.45. The van der Waals surface area contributed by atoms with E-state index in [-0.39, 0.29) is 0 Å². The molecule has 3 rings (SSSR count). The smallest absolute Gasteiger partial charge is 0.129 e. The van der Waals surface area contributed by atoms with Crippen molar-refractivity contribution in [1.82, 2.24) is 10.3 Å². The SMILES string of the molecule is Cc1ccnc(N2C[C@@H]3C[C@H]2CN3)c1. The number of fused-ring (bicyclic) bond motifs is 2. The number of aromatic nitrogens is 1. The maximum atomic E-state index is 4.44. The fourth-order valence-electron chi connectivity index (χ4n) is 2.52. The van der Waals surface area contributed by atoms with Crippen molar-refractivity contribution in [3.05, 3.63) is 23.9 Å². The van der Waals surface area contributed by atoms with Crippen LogP contribution in [0.2, 0.25) is 0 Å². The normalized spacial score (nSPS) is 29.9. The first-order chi connectivity index (χ1) is 6.83. The molecule has 0 saturated carbocycles. The van der Waals surface area contributed by atoms with E-state index in [9.17, 15) is 0 Å². The molecule has 0 radical (unpaired) electrons. The van der Waals surface area contributed by atoms with Crippen molar-refractivity contribution in [3.63, 3.8) is 0 Å². The van der Waals surface area contributed by atoms with Crippen LogP contribution in [-0.2, 0) is 0 Å². The van der Waals surface area contributed by atoms with Crippen molar-refractivity contribution in [1.29, 1.82) is 0 Å². The van der Waals surface area contributed by atoms with Crippen LogP contribution in [0.3, 0.4) is 0 Å². The first-order valence-corrected chi connectivity index (χ1v) is 5.25. The van der Waals surface area contributed by atoms with Crippen LogP contribution in [-0.4, -0.2) is 30.2 Å². The Morgan fingerprint density at radius 2 is 2.50 bits per heavy atom. The summed E-state index contributed by atoms with van der Waals surface area (Å²) in [5.41, 5.74) is 1.30. The van der Waals surface area contributed by atoms with Gasteiger partial charge in [0.1, 0.15) is 5.82 Å². The highest BCUT2D eigenvalue weighted by Gasteiger charge is 2.37. The first-order valence-electron chi connectivity index (χ1n) is 5.25. The van der Waals surface area contributed by atoms with E-state index in [1.54, 1.807) is 0 Å². The zero-order chi connectivity index (χ0) is 9.54. The van der Waals surface area contributed by atoms with Crippen molar-refractivity contribution >= 4 is 5.82 Å². The molecule has 1 aromatic rings. The van der Waals surface area contributed by atoms with Gasteiger partial charge in [-0.05, 0) is 31.0 Å². The molecule has 0 spiro atoms. The highest BCUT2D eigenvalue weighted by Crippen LogP contribution is 2.27. The molecule has 2 atom stereocenters. The van der Waals surface area contributed by atoms with Gasteiger partial charge < -0.3 is 10.2 Å². The quantitative estimate of drug-likeness (QED) is 0.712. The number of nitrogens with one attached hydrogen (secondary N) is 1. The Labute approximate surface area is 84.1 Å². The van der Waals surface area contributed by atoms with Gasteiger partial charge in [-0.2, -0.15) is 0 Å². The van der Waals surface area contributed by atoms with E-state index < -0.39 is 0 Å². The topological polar surface area (TPSA) is 28.2 Å². The molecule has 0 aliphatic carbocycles. The molecule has 2 aliphatic rings. The van der Waals surface area contributed by atoms with Gasteiger partial charge in [-0.25, -0.2) is 4.98 Å². The Morgan fingerprint density at radius 3 is 3.14 bits per heavy atom. The fourth-order valence-corrected chi connectivity index (χ4v) is 2.52. The third kappa shape index (κ3) is 1.20. The van der Waals surface area contributed by atoms with Gasteiger partial charge in [-0.3, -0.25) is 0 Å². The predicted molar refractivity (Wildman–Crippen MR) is 56.5 cm³/mol. The monoisotopic (exact) mass is 189 g/mol. The zero-order valence-electron chi connectivity index (χ0n) is 8.40. The second-order valence-corrected chi connectivity index (χ2v) is 4.34. The van der Waals surface area contributed by atoms with Crippen LogP contribution in [0.1, 0.15) is 12.0 Å². The molecule has 3 nitrogen and oxygen atoms in total. The molecular weight excluding hydrogens is 174 g/mol. The lowest BCUT2D eigenvalue weighted by molar-refractivity contribution is 0.576. The average Bonchev–Trinajstić information content (AvgIpc) is 2.78. The summed E-state index contributed by atoms with van der Waals surface area (Å²) >= 11 is 0. The van der Waals surface area contributed by atoms with E-state index in [1.807, 2.05) is 6.20 Å². The number of anilines is 1. The average molecular weight is 189 g/mol. The minimum absolute atomic E-state index is 0.675. The van der Waals surface area contributed by atoms with Crippen LogP contribution in [0.5, 0.6) is 0 Å². The number of nitrogens with zero attached hydrogens (tertiary/aromatic N) is 2. The number of piperazine rings is 1. The van der Waals surface area contributed by atoms with Gasteiger partial charge in [0.25, 0.3) is 0 Å². The lowest BCUT2D eigenvalue weighted by atomic mass is 10.2. The third-order valence-electron chi connectivity index (χ3n) is 3.25. The van der Waals surface area contributed by atoms with Gasteiger partial charge in [0, 0.05) is 31.4 Å². The second kappa shape index (κ2) is 2.95. The van der Waals surface area contributed by atoms with E-state index in [1.165, 1.54) is 12.0 Å². The lowest BCUT2D eigenvalue weighted by Crippen LogP contribution is -2.43. The minimum atomic E-state index is 0.675. The van der Waals surface area contributed by atoms with Crippen LogP contribution >= 0.6 is 0 Å². The van der Waals surface area contributed by atoms with E-state index in [0.29, 0.717) is 12.1 Å². The third-order valence-corrected chi connectivity index (χ3v) is 3.25. The Kier molecular flexibility index (Phi) is 1.74. The van der Waals surface area contributed by atoms with Gasteiger partial charge in [0.2, 0.25) is 0 Å². The van der Waals surface area contributed by atoms with E-state index in [0.717, 1.165) is 18.9 Å². The second-order valence-electron chi connectivity index (χ2n) is 4.34. The number of hydrogen-bond donors (Lipinski definition) is 1. The predicted octanol–water partition coefficient (Wildman–Crippen LogP) is 0.941. The number of hydrogen-bond acceptors (Lipinski definition) is 3. The highest BCUT2D eigenvalue weighted by atomic mass is 15.3. The van der Waals surface area contributed by atoms with Gasteiger partial charge in [-0.1, -0.05) is 0 Å². The van der Waals surface area contributed by atoms with Crippen molar-refractivity contribution in [3.8, 4) is 0 Å². The van der Waals surface area contributed by atoms with Gasteiger partial charge >= 0.3 is 0 Å². The van der Waals surface area contributed by atoms with E-state index in [4.69, 9.17) is 0 Å².